The fourth-order valence-electron chi connectivity index (χ4n) is 4.93. The van der Waals surface area contributed by atoms with Gasteiger partial charge in [-0.2, -0.15) is 0 Å². The fraction of sp³-hybridized carbons (Fsp3) is 0.792. The number of hydrogen-bond acceptors (Lipinski definition) is 7. The number of carboxylic acids is 1. The normalized spacial score (nSPS) is 21.7. The molecule has 3 rings (SSSR count). The standard InChI is InChI=1S/C24H39N3O5S2/c1-31-13-14-32-17-18-8-10-20(11-9-18)27(19-6-4-2-3-5-7-19)24(30)26-23-25-16-22(34-23)33-15-12-21(28)29/h16,18-20H,2-15,17H2,1H3,(H,28,29)(H,25,26,30)/t18-,20-. The first-order valence-corrected chi connectivity index (χ1v) is 14.3. The largest absolute Gasteiger partial charge is 0.481 e. The monoisotopic (exact) mass is 513 g/mol. The summed E-state index contributed by atoms with van der Waals surface area (Å²) < 4.78 is 11.7. The van der Waals surface area contributed by atoms with Crippen LogP contribution in [-0.2, 0) is 14.3 Å². The van der Waals surface area contributed by atoms with Crippen molar-refractivity contribution in [2.24, 2.45) is 5.92 Å². The zero-order valence-electron chi connectivity index (χ0n) is 20.2. The van der Waals surface area contributed by atoms with E-state index in [9.17, 15) is 9.59 Å². The van der Waals surface area contributed by atoms with Crippen LogP contribution in [0.4, 0.5) is 9.93 Å². The molecule has 1 heterocycles. The quantitative estimate of drug-likeness (QED) is 0.217. The molecule has 2 N–H and O–H groups in total. The second kappa shape index (κ2) is 14.9. The Bertz CT molecular complexity index is 747. The number of carboxylic acid groups (broad SMARTS) is 1. The molecule has 2 amide bonds. The molecule has 0 saturated heterocycles. The van der Waals surface area contributed by atoms with E-state index in [0.717, 1.165) is 49.3 Å². The van der Waals surface area contributed by atoms with Gasteiger partial charge in [0.15, 0.2) is 5.13 Å². The highest BCUT2D eigenvalue weighted by molar-refractivity contribution is 8.01. The molecule has 1 aromatic rings. The lowest BCUT2D eigenvalue weighted by molar-refractivity contribution is -0.136. The first kappa shape index (κ1) is 27.2. The van der Waals surface area contributed by atoms with E-state index >= 15 is 0 Å². The van der Waals surface area contributed by atoms with Gasteiger partial charge in [0.1, 0.15) is 0 Å². The van der Waals surface area contributed by atoms with Gasteiger partial charge < -0.3 is 19.5 Å². The van der Waals surface area contributed by atoms with Crippen molar-refractivity contribution >= 4 is 40.2 Å². The Morgan fingerprint density at radius 1 is 1.12 bits per heavy atom. The third kappa shape index (κ3) is 9.02. The molecular formula is C24H39N3O5S2. The van der Waals surface area contributed by atoms with Crippen molar-refractivity contribution in [3.63, 3.8) is 0 Å². The molecule has 1 aromatic heterocycles. The Hall–Kier alpha value is -1.36. The van der Waals surface area contributed by atoms with Gasteiger partial charge in [0.25, 0.3) is 0 Å². The summed E-state index contributed by atoms with van der Waals surface area (Å²) in [6, 6.07) is 0.497. The molecule has 0 unspecified atom stereocenters. The van der Waals surface area contributed by atoms with E-state index in [1.165, 1.54) is 48.8 Å². The minimum atomic E-state index is -0.805. The van der Waals surface area contributed by atoms with Crippen LogP contribution in [0.3, 0.4) is 0 Å². The van der Waals surface area contributed by atoms with Crippen molar-refractivity contribution in [1.82, 2.24) is 9.88 Å². The zero-order chi connectivity index (χ0) is 24.2. The van der Waals surface area contributed by atoms with Gasteiger partial charge >= 0.3 is 12.0 Å². The number of rotatable bonds is 12. The second-order valence-electron chi connectivity index (χ2n) is 9.20. The van der Waals surface area contributed by atoms with Crippen LogP contribution >= 0.6 is 23.1 Å². The summed E-state index contributed by atoms with van der Waals surface area (Å²) in [6.45, 7) is 2.03. The molecule has 0 atom stereocenters. The number of aromatic nitrogens is 1. The molecule has 2 aliphatic carbocycles. The molecule has 0 spiro atoms. The number of nitrogens with zero attached hydrogens (tertiary/aromatic N) is 2. The maximum absolute atomic E-state index is 13.5. The molecule has 2 aliphatic rings. The third-order valence-electron chi connectivity index (χ3n) is 6.71. The summed E-state index contributed by atoms with van der Waals surface area (Å²) in [6.07, 6.45) is 13.0. The van der Waals surface area contributed by atoms with E-state index in [1.807, 2.05) is 0 Å². The SMILES string of the molecule is COCCOC[C@H]1CC[C@H](N(C(=O)Nc2ncc(SCCC(=O)O)s2)C2CCCCCC2)CC1. The van der Waals surface area contributed by atoms with E-state index in [1.54, 1.807) is 13.3 Å². The molecule has 10 heteroatoms. The average molecular weight is 514 g/mol. The van der Waals surface area contributed by atoms with Gasteiger partial charge in [-0.1, -0.05) is 37.0 Å². The highest BCUT2D eigenvalue weighted by Crippen LogP contribution is 2.34. The Balaban J connectivity index is 1.58. The average Bonchev–Trinajstić information content (AvgIpc) is 3.09. The summed E-state index contributed by atoms with van der Waals surface area (Å²) >= 11 is 2.88. The van der Waals surface area contributed by atoms with E-state index < -0.39 is 5.97 Å². The minimum Gasteiger partial charge on any atom is -0.481 e. The van der Waals surface area contributed by atoms with Gasteiger partial charge in [-0.25, -0.2) is 9.78 Å². The Morgan fingerprint density at radius 3 is 2.50 bits per heavy atom. The Morgan fingerprint density at radius 2 is 1.82 bits per heavy atom. The number of anilines is 1. The van der Waals surface area contributed by atoms with Crippen molar-refractivity contribution in [3.8, 4) is 0 Å². The lowest BCUT2D eigenvalue weighted by Gasteiger charge is -2.41. The molecule has 2 fully saturated rings. The molecule has 0 bridgehead atoms. The van der Waals surface area contributed by atoms with Gasteiger partial charge in [0.05, 0.1) is 30.0 Å². The number of carbonyl (C=O) groups excluding carboxylic acids is 1. The van der Waals surface area contributed by atoms with Crippen LogP contribution in [0.5, 0.6) is 0 Å². The highest BCUT2D eigenvalue weighted by Gasteiger charge is 2.34. The number of methoxy groups -OCH3 is 1. The van der Waals surface area contributed by atoms with Gasteiger partial charge in [-0.05, 0) is 44.4 Å². The lowest BCUT2D eigenvalue weighted by Crippen LogP contribution is -2.50. The van der Waals surface area contributed by atoms with Crippen LogP contribution in [0.25, 0.3) is 0 Å². The van der Waals surface area contributed by atoms with Gasteiger partial charge in [0.2, 0.25) is 0 Å². The predicted octanol–water partition coefficient (Wildman–Crippen LogP) is 5.49. The van der Waals surface area contributed by atoms with Crippen LogP contribution < -0.4 is 5.32 Å². The fourth-order valence-corrected chi connectivity index (χ4v) is 6.79. The van der Waals surface area contributed by atoms with Crippen LogP contribution in [0, 0.1) is 5.92 Å². The number of ether oxygens (including phenoxy) is 2. The summed E-state index contributed by atoms with van der Waals surface area (Å²) in [5, 5.41) is 12.5. The van der Waals surface area contributed by atoms with E-state index in [0.29, 0.717) is 30.0 Å². The van der Waals surface area contributed by atoms with E-state index in [2.05, 4.69) is 15.2 Å². The molecule has 0 radical (unpaired) electrons. The van der Waals surface area contributed by atoms with Crippen LogP contribution in [-0.4, -0.2) is 71.8 Å². The second-order valence-corrected chi connectivity index (χ2v) is 11.6. The van der Waals surface area contributed by atoms with Crippen molar-refractivity contribution < 1.29 is 24.2 Å². The molecule has 0 aliphatic heterocycles. The van der Waals surface area contributed by atoms with Gasteiger partial charge in [-0.3, -0.25) is 10.1 Å². The predicted molar refractivity (Wildman–Crippen MR) is 136 cm³/mol. The lowest BCUT2D eigenvalue weighted by atomic mass is 9.85. The number of urea groups is 1. The zero-order valence-corrected chi connectivity index (χ0v) is 21.8. The Kier molecular flexibility index (Phi) is 11.9. The van der Waals surface area contributed by atoms with Crippen molar-refractivity contribution in [2.75, 3.05) is 38.0 Å². The van der Waals surface area contributed by atoms with Crippen LogP contribution in [0.15, 0.2) is 10.4 Å². The summed E-state index contributed by atoms with van der Waals surface area (Å²) in [5.74, 6) is 0.245. The molecule has 192 valence electrons. The summed E-state index contributed by atoms with van der Waals surface area (Å²) in [4.78, 5) is 30.8. The van der Waals surface area contributed by atoms with Crippen molar-refractivity contribution in [2.45, 2.75) is 86.9 Å². The smallest absolute Gasteiger partial charge is 0.324 e. The first-order valence-electron chi connectivity index (χ1n) is 12.5. The number of carbonyl (C=O) groups is 2. The molecular weight excluding hydrogens is 474 g/mol. The molecule has 0 aromatic carbocycles. The molecule has 34 heavy (non-hydrogen) atoms. The van der Waals surface area contributed by atoms with Crippen LogP contribution in [0.2, 0.25) is 0 Å². The maximum atomic E-state index is 13.5. The number of aliphatic carboxylic acids is 1. The van der Waals surface area contributed by atoms with Gasteiger partial charge in [0, 0.05) is 31.6 Å². The van der Waals surface area contributed by atoms with E-state index in [4.69, 9.17) is 14.6 Å². The van der Waals surface area contributed by atoms with Gasteiger partial charge in [-0.15, -0.1) is 11.8 Å². The third-order valence-corrected chi connectivity index (χ3v) is 8.82. The minimum absolute atomic E-state index is 0.0388. The maximum Gasteiger partial charge on any atom is 0.324 e. The number of nitrogens with one attached hydrogen (secondary N) is 1. The van der Waals surface area contributed by atoms with Crippen LogP contribution in [0.1, 0.15) is 70.6 Å². The summed E-state index contributed by atoms with van der Waals surface area (Å²) in [5.41, 5.74) is 0. The highest BCUT2D eigenvalue weighted by atomic mass is 32.2. The summed E-state index contributed by atoms with van der Waals surface area (Å²) in [7, 11) is 1.69. The van der Waals surface area contributed by atoms with Crippen molar-refractivity contribution in [3.05, 3.63) is 6.20 Å². The first-order chi connectivity index (χ1) is 16.6. The number of amides is 2. The Labute approximate surface area is 211 Å². The number of hydrogen-bond donors (Lipinski definition) is 2. The van der Waals surface area contributed by atoms with Crippen molar-refractivity contribution in [1.29, 1.82) is 0 Å². The van der Waals surface area contributed by atoms with E-state index in [-0.39, 0.29) is 24.5 Å². The molecule has 8 nitrogen and oxygen atoms in total. The number of thiazole rings is 1. The number of thioether (sulfide) groups is 1. The molecule has 2 saturated carbocycles. The topological polar surface area (TPSA) is 101 Å².